The molecule has 2 fully saturated rings. The first kappa shape index (κ1) is 51.4. The van der Waals surface area contributed by atoms with Crippen LogP contribution in [0, 0.1) is 0 Å². The number of rotatable bonds is 34. The van der Waals surface area contributed by atoms with Crippen LogP contribution in [0.4, 0.5) is 0 Å². The van der Waals surface area contributed by atoms with Gasteiger partial charge in [-0.25, -0.2) is 0 Å². The summed E-state index contributed by atoms with van der Waals surface area (Å²) in [5.74, 6) is 0. The topological polar surface area (TPSA) is 242 Å². The van der Waals surface area contributed by atoms with E-state index in [4.69, 9.17) is 59.1 Å². The maximum Gasteiger partial charge on any atom is 0.104 e. The fourth-order valence-electron chi connectivity index (χ4n) is 4.15. The molecule has 0 saturated carbocycles. The van der Waals surface area contributed by atoms with Gasteiger partial charge in [0.1, 0.15) is 12.2 Å². The summed E-state index contributed by atoms with van der Waals surface area (Å²) in [4.78, 5) is 3.55. The Kier molecular flexibility index (Phi) is 40.7. The molecule has 0 aromatic carbocycles. The molecule has 0 aromatic heterocycles. The van der Waals surface area contributed by atoms with Crippen LogP contribution >= 0.6 is 0 Å². The lowest BCUT2D eigenvalue weighted by Gasteiger charge is -2.23. The van der Waals surface area contributed by atoms with Crippen molar-refractivity contribution in [3.8, 4) is 0 Å². The first-order valence-corrected chi connectivity index (χ1v) is 17.6. The van der Waals surface area contributed by atoms with Crippen molar-refractivity contribution in [1.29, 1.82) is 0 Å². The predicted octanol–water partition coefficient (Wildman–Crippen LogP) is -3.11. The van der Waals surface area contributed by atoms with Crippen LogP contribution in [0.1, 0.15) is 33.1 Å². The summed E-state index contributed by atoms with van der Waals surface area (Å²) in [6.45, 7) is 9.89. The van der Waals surface area contributed by atoms with Crippen LogP contribution in [-0.2, 0) is 28.4 Å². The molecular weight excluding hydrogens is 662 g/mol. The molecule has 0 aromatic rings. The average molecular weight is 736 g/mol. The highest BCUT2D eigenvalue weighted by Gasteiger charge is 2.22. The predicted molar refractivity (Wildman–Crippen MR) is 188 cm³/mol. The lowest BCUT2D eigenvalue weighted by molar-refractivity contribution is 0.000217. The van der Waals surface area contributed by atoms with Gasteiger partial charge in [0.2, 0.25) is 0 Å². The molecule has 0 amide bonds. The number of nitrogens with one attached hydrogen (secondary N) is 1. The minimum Gasteiger partial charge on any atom is -0.395 e. The number of epoxide rings is 2. The highest BCUT2D eigenvalue weighted by molar-refractivity contribution is 4.68. The average Bonchev–Trinajstić information content (AvgIpc) is 4.02. The molecule has 4 unspecified atom stereocenters. The molecule has 17 nitrogen and oxygen atoms in total. The van der Waals surface area contributed by atoms with Crippen molar-refractivity contribution in [3.63, 3.8) is 0 Å². The SMILES string of the molecule is C.C(CCOCC1CO1)COCC1CO1.OCCN(CCO)CC(O)COCCCCOCC(O)CN(CCO)CCO.OCCNCCO. The molecule has 17 heteroatoms. The Balaban J connectivity index is 0. The van der Waals surface area contributed by atoms with E-state index in [1.54, 1.807) is 9.80 Å². The van der Waals surface area contributed by atoms with Crippen LogP contribution in [0.15, 0.2) is 0 Å². The number of unbranched alkanes of at least 4 members (excludes halogenated alkanes) is 2. The van der Waals surface area contributed by atoms with Gasteiger partial charge < -0.3 is 74.6 Å². The lowest BCUT2D eigenvalue weighted by Crippen LogP contribution is -2.38. The number of nitrogens with zero attached hydrogens (tertiary/aromatic N) is 2. The molecule has 9 N–H and O–H groups in total. The molecule has 0 bridgehead atoms. The first-order chi connectivity index (χ1) is 23.9. The highest BCUT2D eigenvalue weighted by atomic mass is 16.6. The van der Waals surface area contributed by atoms with Gasteiger partial charge in [-0.1, -0.05) is 7.43 Å². The highest BCUT2D eigenvalue weighted by Crippen LogP contribution is 2.10. The van der Waals surface area contributed by atoms with E-state index in [1.165, 1.54) is 0 Å². The maximum atomic E-state index is 9.91. The Bertz CT molecular complexity index is 593. The van der Waals surface area contributed by atoms with Crippen LogP contribution < -0.4 is 5.32 Å². The lowest BCUT2D eigenvalue weighted by atomic mass is 10.3. The van der Waals surface area contributed by atoms with E-state index in [2.05, 4.69) is 5.32 Å². The Morgan fingerprint density at radius 1 is 0.540 bits per heavy atom. The third kappa shape index (κ3) is 38.5. The first-order valence-electron chi connectivity index (χ1n) is 17.6. The van der Waals surface area contributed by atoms with Crippen molar-refractivity contribution < 1.29 is 69.3 Å². The van der Waals surface area contributed by atoms with Gasteiger partial charge >= 0.3 is 0 Å². The summed E-state index contributed by atoms with van der Waals surface area (Å²) < 4.78 is 31.7. The third-order valence-electron chi connectivity index (χ3n) is 6.87. The van der Waals surface area contributed by atoms with Gasteiger partial charge in [0.15, 0.2) is 0 Å². The summed E-state index contributed by atoms with van der Waals surface area (Å²) in [5, 5.41) is 74.6. The van der Waals surface area contributed by atoms with Crippen LogP contribution in [0.5, 0.6) is 0 Å². The zero-order valence-electron chi connectivity index (χ0n) is 29.5. The fourth-order valence-corrected chi connectivity index (χ4v) is 4.15. The van der Waals surface area contributed by atoms with E-state index in [1.807, 2.05) is 0 Å². The van der Waals surface area contributed by atoms with Crippen molar-refractivity contribution in [2.45, 2.75) is 57.5 Å². The molecule has 2 rings (SSSR count). The standard InChI is InChI=1S/C18H40N2O8.C10H18O4.C4H11NO2.CH4/c21-7-3-19(4-8-22)13-17(25)15-27-11-1-2-12-28-16-18(26)14-20(5-9-23)6-10-24;1(3-11-5-9-7-13-9)2-4-12-6-10-8-14-10;6-3-1-5-2-4-7;/h17-18,21-26H,1-16H2;9-10H,1-8H2;5-7H,1-4H2;1H4. The van der Waals surface area contributed by atoms with Crippen LogP contribution in [0.25, 0.3) is 0 Å². The van der Waals surface area contributed by atoms with Crippen LogP contribution in [-0.4, -0.2) is 233 Å². The minimum absolute atomic E-state index is 0. The number of hydrogen-bond acceptors (Lipinski definition) is 17. The van der Waals surface area contributed by atoms with E-state index >= 15 is 0 Å². The van der Waals surface area contributed by atoms with Crippen molar-refractivity contribution in [1.82, 2.24) is 15.1 Å². The largest absolute Gasteiger partial charge is 0.395 e. The zero-order valence-corrected chi connectivity index (χ0v) is 29.5. The zero-order chi connectivity index (χ0) is 36.2. The van der Waals surface area contributed by atoms with Crippen molar-refractivity contribution >= 4 is 0 Å². The number of aliphatic hydroxyl groups excluding tert-OH is 8. The van der Waals surface area contributed by atoms with Crippen molar-refractivity contribution in [2.24, 2.45) is 0 Å². The Labute approximate surface area is 300 Å². The molecule has 0 radical (unpaired) electrons. The van der Waals surface area contributed by atoms with E-state index in [9.17, 15) is 10.2 Å². The molecule has 0 spiro atoms. The molecule has 0 aliphatic carbocycles. The molecule has 2 heterocycles. The Morgan fingerprint density at radius 3 is 1.14 bits per heavy atom. The number of aliphatic hydroxyl groups is 8. The summed E-state index contributed by atoms with van der Waals surface area (Å²) in [6, 6.07) is 0. The second-order valence-electron chi connectivity index (χ2n) is 11.6. The van der Waals surface area contributed by atoms with E-state index in [0.29, 0.717) is 77.8 Å². The van der Waals surface area contributed by atoms with Crippen molar-refractivity contribution in [2.75, 3.05) is 158 Å². The van der Waals surface area contributed by atoms with Crippen LogP contribution in [0.3, 0.4) is 0 Å². The summed E-state index contributed by atoms with van der Waals surface area (Å²) in [6.07, 6.45) is 3.09. The van der Waals surface area contributed by atoms with Gasteiger partial charge in [0.25, 0.3) is 0 Å². The smallest absolute Gasteiger partial charge is 0.104 e. The minimum atomic E-state index is -0.676. The normalized spacial score (nSPS) is 17.4. The third-order valence-corrected chi connectivity index (χ3v) is 6.87. The van der Waals surface area contributed by atoms with Gasteiger partial charge in [-0.2, -0.15) is 0 Å². The number of hydrogen-bond donors (Lipinski definition) is 9. The van der Waals surface area contributed by atoms with E-state index < -0.39 is 12.2 Å². The summed E-state index contributed by atoms with van der Waals surface area (Å²) in [5.41, 5.74) is 0. The van der Waals surface area contributed by atoms with Crippen molar-refractivity contribution in [3.05, 3.63) is 0 Å². The molecule has 2 saturated heterocycles. The second-order valence-corrected chi connectivity index (χ2v) is 11.6. The number of ether oxygens (including phenoxy) is 6. The molecule has 2 aliphatic rings. The monoisotopic (exact) mass is 736 g/mol. The Morgan fingerprint density at radius 2 is 0.860 bits per heavy atom. The molecule has 4 atom stereocenters. The van der Waals surface area contributed by atoms with E-state index in [-0.39, 0.29) is 60.3 Å². The quantitative estimate of drug-likeness (QED) is 0.0235. The molecule has 50 heavy (non-hydrogen) atoms. The molecular formula is C33H73N3O14. The van der Waals surface area contributed by atoms with E-state index in [0.717, 1.165) is 65.3 Å². The fraction of sp³-hybridized carbons (Fsp3) is 1.00. The second kappa shape index (κ2) is 39.5. The summed E-state index contributed by atoms with van der Waals surface area (Å²) >= 11 is 0. The Hall–Kier alpha value is -0.680. The summed E-state index contributed by atoms with van der Waals surface area (Å²) in [7, 11) is 0. The van der Waals surface area contributed by atoms with Gasteiger partial charge in [-0.3, -0.25) is 9.80 Å². The molecule has 304 valence electrons. The van der Waals surface area contributed by atoms with Gasteiger partial charge in [0.05, 0.1) is 91.5 Å². The van der Waals surface area contributed by atoms with Gasteiger partial charge in [-0.05, 0) is 25.7 Å². The molecule has 2 aliphatic heterocycles. The van der Waals surface area contributed by atoms with Gasteiger partial charge in [0, 0.05) is 78.8 Å². The maximum absolute atomic E-state index is 9.91. The van der Waals surface area contributed by atoms with Gasteiger partial charge in [-0.15, -0.1) is 0 Å². The van der Waals surface area contributed by atoms with Crippen LogP contribution in [0.2, 0.25) is 0 Å².